The van der Waals surface area contributed by atoms with Gasteiger partial charge >= 0.3 is 0 Å². The molecule has 3 nitrogen and oxygen atoms in total. The summed E-state index contributed by atoms with van der Waals surface area (Å²) in [5.74, 6) is 0.120. The van der Waals surface area contributed by atoms with E-state index in [0.717, 1.165) is 6.42 Å². The van der Waals surface area contributed by atoms with Crippen LogP contribution in [-0.4, -0.2) is 18.2 Å². The smallest absolute Gasteiger partial charge is 0.220 e. The molecule has 1 fully saturated rings. The minimum absolute atomic E-state index is 0.00597. The zero-order valence-corrected chi connectivity index (χ0v) is 6.02. The van der Waals surface area contributed by atoms with Crippen molar-refractivity contribution in [1.82, 2.24) is 5.32 Å². The van der Waals surface area contributed by atoms with E-state index in [0.29, 0.717) is 13.0 Å². The molecular weight excluding hydrogens is 130 g/mol. The summed E-state index contributed by atoms with van der Waals surface area (Å²) in [6, 6.07) is 0. The molecule has 3 heteroatoms. The molecule has 0 aromatic heterocycles. The van der Waals surface area contributed by atoms with Crippen LogP contribution in [0.25, 0.3) is 0 Å². The molecule has 0 aromatic rings. The Morgan fingerprint density at radius 3 is 2.80 bits per heavy atom. The number of amides is 1. The zero-order chi connectivity index (χ0) is 7.56. The summed E-state index contributed by atoms with van der Waals surface area (Å²) < 4.78 is 0. The fourth-order valence-electron chi connectivity index (χ4n) is 1.13. The van der Waals surface area contributed by atoms with Gasteiger partial charge in [-0.3, -0.25) is 9.59 Å². The number of hydrogen-bond donors (Lipinski definition) is 1. The first-order chi connectivity index (χ1) is 4.70. The van der Waals surface area contributed by atoms with E-state index in [1.807, 2.05) is 0 Å². The molecule has 0 aromatic carbocycles. The highest BCUT2D eigenvalue weighted by atomic mass is 16.2. The average molecular weight is 141 g/mol. The lowest BCUT2D eigenvalue weighted by molar-refractivity contribution is -0.130. The van der Waals surface area contributed by atoms with E-state index < -0.39 is 0 Å². The van der Waals surface area contributed by atoms with Crippen molar-refractivity contribution in [3.05, 3.63) is 0 Å². The van der Waals surface area contributed by atoms with Gasteiger partial charge in [-0.05, 0) is 13.3 Å². The molecule has 1 aliphatic rings. The van der Waals surface area contributed by atoms with E-state index in [4.69, 9.17) is 0 Å². The normalized spacial score (nSPS) is 25.7. The number of nitrogens with one attached hydrogen (secondary N) is 1. The highest BCUT2D eigenvalue weighted by Gasteiger charge is 2.21. The number of rotatable bonds is 1. The first-order valence-corrected chi connectivity index (χ1v) is 3.47. The first kappa shape index (κ1) is 7.25. The Morgan fingerprint density at radius 2 is 2.40 bits per heavy atom. The van der Waals surface area contributed by atoms with Crippen molar-refractivity contribution in [2.24, 2.45) is 5.92 Å². The molecule has 1 rings (SSSR count). The third kappa shape index (κ3) is 1.56. The largest absolute Gasteiger partial charge is 0.356 e. The van der Waals surface area contributed by atoms with Crippen LogP contribution in [0, 0.1) is 5.92 Å². The fraction of sp³-hybridized carbons (Fsp3) is 0.714. The third-order valence-corrected chi connectivity index (χ3v) is 1.82. The quantitative estimate of drug-likeness (QED) is 0.563. The van der Waals surface area contributed by atoms with Gasteiger partial charge in [0.15, 0.2) is 0 Å². The molecule has 0 bridgehead atoms. The Hall–Kier alpha value is -0.860. The van der Waals surface area contributed by atoms with Crippen molar-refractivity contribution in [2.45, 2.75) is 19.8 Å². The number of carbonyl (C=O) groups excluding carboxylic acids is 2. The zero-order valence-electron chi connectivity index (χ0n) is 6.02. The second-order valence-corrected chi connectivity index (χ2v) is 2.65. The van der Waals surface area contributed by atoms with Crippen molar-refractivity contribution < 1.29 is 9.59 Å². The van der Waals surface area contributed by atoms with Crippen molar-refractivity contribution in [1.29, 1.82) is 0 Å². The summed E-state index contributed by atoms with van der Waals surface area (Å²) in [5.41, 5.74) is 0. The molecular formula is C7H11NO2. The predicted molar refractivity (Wildman–Crippen MR) is 36.4 cm³/mol. The fourth-order valence-corrected chi connectivity index (χ4v) is 1.13. The predicted octanol–water partition coefficient (Wildman–Crippen LogP) is 0.102. The Bertz CT molecular complexity index is 163. The van der Waals surface area contributed by atoms with E-state index in [1.54, 1.807) is 6.92 Å². The summed E-state index contributed by atoms with van der Waals surface area (Å²) in [6.07, 6.45) is 1.19. The van der Waals surface area contributed by atoms with Gasteiger partial charge in [-0.25, -0.2) is 0 Å². The maximum Gasteiger partial charge on any atom is 0.220 e. The number of carbonyl (C=O) groups is 2. The SMILES string of the molecule is CC(=O)[C@@H]1CCNC(=O)C1. The maximum absolute atomic E-state index is 10.8. The molecule has 0 spiro atoms. The van der Waals surface area contributed by atoms with E-state index in [2.05, 4.69) is 5.32 Å². The third-order valence-electron chi connectivity index (χ3n) is 1.82. The molecule has 1 amide bonds. The van der Waals surface area contributed by atoms with E-state index in [1.165, 1.54) is 0 Å². The molecule has 0 radical (unpaired) electrons. The molecule has 1 atom stereocenters. The van der Waals surface area contributed by atoms with Crippen LogP contribution in [0.15, 0.2) is 0 Å². The second-order valence-electron chi connectivity index (χ2n) is 2.65. The summed E-state index contributed by atoms with van der Waals surface area (Å²) in [7, 11) is 0. The van der Waals surface area contributed by atoms with Gasteiger partial charge in [0.25, 0.3) is 0 Å². The molecule has 1 heterocycles. The topological polar surface area (TPSA) is 46.2 Å². The molecule has 0 aliphatic carbocycles. The summed E-state index contributed by atoms with van der Waals surface area (Å²) >= 11 is 0. The monoisotopic (exact) mass is 141 g/mol. The summed E-state index contributed by atoms with van der Waals surface area (Å²) in [5, 5.41) is 2.68. The van der Waals surface area contributed by atoms with Gasteiger partial charge in [0.05, 0.1) is 0 Å². The minimum Gasteiger partial charge on any atom is -0.356 e. The van der Waals surface area contributed by atoms with Crippen LogP contribution >= 0.6 is 0 Å². The van der Waals surface area contributed by atoms with Gasteiger partial charge in [0, 0.05) is 18.9 Å². The Kier molecular flexibility index (Phi) is 2.04. The molecule has 56 valence electrons. The van der Waals surface area contributed by atoms with Crippen molar-refractivity contribution in [3.8, 4) is 0 Å². The first-order valence-electron chi connectivity index (χ1n) is 3.47. The molecule has 0 saturated carbocycles. The molecule has 10 heavy (non-hydrogen) atoms. The molecule has 1 aliphatic heterocycles. The Morgan fingerprint density at radius 1 is 1.70 bits per heavy atom. The molecule has 1 N–H and O–H groups in total. The standard InChI is InChI=1S/C7H11NO2/c1-5(9)6-2-3-8-7(10)4-6/h6H,2-4H2,1H3,(H,8,10)/t6-/m1/s1. The van der Waals surface area contributed by atoms with Gasteiger partial charge in [0.1, 0.15) is 5.78 Å². The van der Waals surface area contributed by atoms with Gasteiger partial charge < -0.3 is 5.32 Å². The molecule has 1 saturated heterocycles. The van der Waals surface area contributed by atoms with Crippen LogP contribution in [0.2, 0.25) is 0 Å². The van der Waals surface area contributed by atoms with Crippen LogP contribution in [0.5, 0.6) is 0 Å². The lowest BCUT2D eigenvalue weighted by Gasteiger charge is -2.18. The lowest BCUT2D eigenvalue weighted by Crippen LogP contribution is -2.35. The van der Waals surface area contributed by atoms with Crippen molar-refractivity contribution in [3.63, 3.8) is 0 Å². The van der Waals surface area contributed by atoms with Crippen LogP contribution < -0.4 is 5.32 Å². The Balaban J connectivity index is 2.47. The van der Waals surface area contributed by atoms with E-state index in [9.17, 15) is 9.59 Å². The van der Waals surface area contributed by atoms with Crippen LogP contribution in [-0.2, 0) is 9.59 Å². The van der Waals surface area contributed by atoms with Crippen molar-refractivity contribution in [2.75, 3.05) is 6.54 Å². The maximum atomic E-state index is 10.8. The number of ketones is 1. The molecule has 0 unspecified atom stereocenters. The highest BCUT2D eigenvalue weighted by Crippen LogP contribution is 2.12. The highest BCUT2D eigenvalue weighted by molar-refractivity contribution is 5.86. The number of Topliss-reactive ketones (excluding diaryl/α,β-unsaturated/α-hetero) is 1. The second kappa shape index (κ2) is 2.82. The van der Waals surface area contributed by atoms with Gasteiger partial charge in [-0.2, -0.15) is 0 Å². The van der Waals surface area contributed by atoms with Crippen LogP contribution in [0.3, 0.4) is 0 Å². The average Bonchev–Trinajstić information content (AvgIpc) is 1.88. The van der Waals surface area contributed by atoms with Gasteiger partial charge in [-0.1, -0.05) is 0 Å². The minimum atomic E-state index is -0.0197. The van der Waals surface area contributed by atoms with Crippen LogP contribution in [0.1, 0.15) is 19.8 Å². The number of piperidine rings is 1. The van der Waals surface area contributed by atoms with Gasteiger partial charge in [0.2, 0.25) is 5.91 Å². The lowest BCUT2D eigenvalue weighted by atomic mass is 9.94. The van der Waals surface area contributed by atoms with E-state index >= 15 is 0 Å². The number of hydrogen-bond acceptors (Lipinski definition) is 2. The van der Waals surface area contributed by atoms with Gasteiger partial charge in [-0.15, -0.1) is 0 Å². The van der Waals surface area contributed by atoms with Crippen LogP contribution in [0.4, 0.5) is 0 Å². The summed E-state index contributed by atoms with van der Waals surface area (Å²) in [6.45, 7) is 2.20. The van der Waals surface area contributed by atoms with Crippen molar-refractivity contribution >= 4 is 11.7 Å². The summed E-state index contributed by atoms with van der Waals surface area (Å²) in [4.78, 5) is 21.5. The van der Waals surface area contributed by atoms with E-state index in [-0.39, 0.29) is 17.6 Å². The Labute approximate surface area is 59.8 Å².